The summed E-state index contributed by atoms with van der Waals surface area (Å²) in [5.74, 6) is -0.249. The third kappa shape index (κ3) is 3.97. The topological polar surface area (TPSA) is 95.3 Å². The molecule has 1 atom stereocenters. The van der Waals surface area contributed by atoms with Gasteiger partial charge in [-0.05, 0) is 33.0 Å². The van der Waals surface area contributed by atoms with E-state index in [1.165, 1.54) is 0 Å². The second kappa shape index (κ2) is 7.62. The first-order valence-electron chi connectivity index (χ1n) is 8.43. The zero-order chi connectivity index (χ0) is 17.8. The van der Waals surface area contributed by atoms with Crippen molar-refractivity contribution < 1.29 is 9.90 Å². The summed E-state index contributed by atoms with van der Waals surface area (Å²) >= 11 is 0. The molecule has 1 aliphatic rings. The number of aromatic nitrogens is 3. The Hall–Kier alpha value is -2.45. The number of rotatable bonds is 6. The Balaban J connectivity index is 1.79. The molecule has 0 aromatic carbocycles. The van der Waals surface area contributed by atoms with Crippen molar-refractivity contribution in [2.45, 2.75) is 19.4 Å². The van der Waals surface area contributed by atoms with Gasteiger partial charge < -0.3 is 20.6 Å². The van der Waals surface area contributed by atoms with Gasteiger partial charge in [-0.2, -0.15) is 5.10 Å². The minimum Gasteiger partial charge on any atom is -0.395 e. The number of hydrogen-bond donors (Lipinski definition) is 3. The maximum Gasteiger partial charge on any atom is 0.253 e. The number of aryl methyl sites for hydroxylation is 1. The van der Waals surface area contributed by atoms with Crippen LogP contribution in [-0.4, -0.2) is 64.0 Å². The van der Waals surface area contributed by atoms with Crippen LogP contribution >= 0.6 is 0 Å². The van der Waals surface area contributed by atoms with Crippen molar-refractivity contribution in [3.8, 4) is 0 Å². The number of anilines is 2. The van der Waals surface area contributed by atoms with E-state index in [1.807, 2.05) is 17.8 Å². The lowest BCUT2D eigenvalue weighted by Crippen LogP contribution is -2.27. The number of likely N-dealkylation sites (tertiary alicyclic amines) is 1. The zero-order valence-electron chi connectivity index (χ0n) is 14.6. The molecule has 1 fully saturated rings. The van der Waals surface area contributed by atoms with Crippen molar-refractivity contribution in [2.24, 2.45) is 0 Å². The minimum absolute atomic E-state index is 0.0959. The molecule has 1 saturated heterocycles. The fraction of sp³-hybridized carbons (Fsp3) is 0.471. The summed E-state index contributed by atoms with van der Waals surface area (Å²) in [6, 6.07) is 2.03. The molecule has 1 aliphatic heterocycles. The molecule has 0 saturated carbocycles. The molecular weight excluding hydrogens is 320 g/mol. The van der Waals surface area contributed by atoms with Crippen molar-refractivity contribution >= 4 is 17.3 Å². The van der Waals surface area contributed by atoms with Crippen LogP contribution in [0, 0.1) is 6.92 Å². The molecule has 3 heterocycles. The van der Waals surface area contributed by atoms with E-state index in [-0.39, 0.29) is 19.1 Å². The quantitative estimate of drug-likeness (QED) is 0.722. The van der Waals surface area contributed by atoms with E-state index < -0.39 is 0 Å². The van der Waals surface area contributed by atoms with E-state index in [9.17, 15) is 4.79 Å². The first-order chi connectivity index (χ1) is 12.1. The Bertz CT molecular complexity index is 744. The molecule has 3 N–H and O–H groups in total. The van der Waals surface area contributed by atoms with E-state index in [1.54, 1.807) is 18.5 Å². The van der Waals surface area contributed by atoms with E-state index in [2.05, 4.69) is 32.7 Å². The first kappa shape index (κ1) is 17.4. The molecule has 8 heteroatoms. The highest BCUT2D eigenvalue weighted by Gasteiger charge is 2.23. The Morgan fingerprint density at radius 1 is 1.44 bits per heavy atom. The minimum atomic E-state index is -0.249. The van der Waals surface area contributed by atoms with Crippen LogP contribution in [0.15, 0.2) is 24.7 Å². The number of amides is 1. The monoisotopic (exact) mass is 344 g/mol. The van der Waals surface area contributed by atoms with Crippen LogP contribution in [0.1, 0.15) is 28.5 Å². The maximum atomic E-state index is 12.2. The highest BCUT2D eigenvalue weighted by atomic mass is 16.3. The highest BCUT2D eigenvalue weighted by Crippen LogP contribution is 2.26. The van der Waals surface area contributed by atoms with Crippen LogP contribution in [0.4, 0.5) is 11.4 Å². The third-order valence-corrected chi connectivity index (χ3v) is 4.39. The van der Waals surface area contributed by atoms with Crippen LogP contribution in [0.3, 0.4) is 0 Å². The molecular formula is C17H24N6O2. The molecule has 0 spiro atoms. The second-order valence-electron chi connectivity index (χ2n) is 6.34. The van der Waals surface area contributed by atoms with Crippen LogP contribution in [-0.2, 0) is 0 Å². The Morgan fingerprint density at radius 2 is 2.28 bits per heavy atom. The van der Waals surface area contributed by atoms with E-state index in [4.69, 9.17) is 5.11 Å². The number of likely N-dealkylation sites (N-methyl/N-ethyl adjacent to an activating group) is 1. The average molecular weight is 344 g/mol. The van der Waals surface area contributed by atoms with Gasteiger partial charge in [0, 0.05) is 25.5 Å². The second-order valence-corrected chi connectivity index (χ2v) is 6.34. The summed E-state index contributed by atoms with van der Waals surface area (Å²) in [6.07, 6.45) is 6.26. The van der Waals surface area contributed by atoms with E-state index in [0.717, 1.165) is 30.9 Å². The largest absolute Gasteiger partial charge is 0.395 e. The summed E-state index contributed by atoms with van der Waals surface area (Å²) in [7, 11) is 2.11. The van der Waals surface area contributed by atoms with Crippen molar-refractivity contribution in [3.05, 3.63) is 35.9 Å². The lowest BCUT2D eigenvalue weighted by molar-refractivity contribution is 0.0945. The number of carbonyl (C=O) groups is 1. The zero-order valence-corrected chi connectivity index (χ0v) is 14.6. The van der Waals surface area contributed by atoms with Crippen molar-refractivity contribution in [3.63, 3.8) is 0 Å². The summed E-state index contributed by atoms with van der Waals surface area (Å²) in [5.41, 5.74) is 2.83. The van der Waals surface area contributed by atoms with Crippen molar-refractivity contribution in [1.29, 1.82) is 0 Å². The fourth-order valence-corrected chi connectivity index (χ4v) is 3.02. The molecule has 1 amide bonds. The molecule has 3 rings (SSSR count). The SMILES string of the molecule is Cc1nn([C@@H]2CCN(C)C2)cc1Nc1cnccc1C(=O)NCCO. The van der Waals surface area contributed by atoms with Crippen LogP contribution in [0.2, 0.25) is 0 Å². The summed E-state index contributed by atoms with van der Waals surface area (Å²) in [6.45, 7) is 4.12. The van der Waals surface area contributed by atoms with Gasteiger partial charge in [0.2, 0.25) is 0 Å². The van der Waals surface area contributed by atoms with Gasteiger partial charge in [-0.15, -0.1) is 0 Å². The molecule has 2 aromatic rings. The van der Waals surface area contributed by atoms with Crippen LogP contribution in [0.5, 0.6) is 0 Å². The summed E-state index contributed by atoms with van der Waals surface area (Å²) < 4.78 is 2.00. The Kier molecular flexibility index (Phi) is 5.30. The van der Waals surface area contributed by atoms with Gasteiger partial charge in [0.25, 0.3) is 5.91 Å². The van der Waals surface area contributed by atoms with Gasteiger partial charge in [0.1, 0.15) is 0 Å². The van der Waals surface area contributed by atoms with E-state index >= 15 is 0 Å². The maximum absolute atomic E-state index is 12.2. The summed E-state index contributed by atoms with van der Waals surface area (Å²) in [5, 5.41) is 19.4. The van der Waals surface area contributed by atoms with Crippen LogP contribution < -0.4 is 10.6 Å². The van der Waals surface area contributed by atoms with Gasteiger partial charge in [0.15, 0.2) is 0 Å². The van der Waals surface area contributed by atoms with Crippen molar-refractivity contribution in [2.75, 3.05) is 38.6 Å². The Labute approximate surface area is 146 Å². The standard InChI is InChI=1S/C17H24N6O2/c1-12-16(11-23(21-12)13-4-7-22(2)10-13)20-15-9-18-5-3-14(15)17(25)19-6-8-24/h3,5,9,11,13,20,24H,4,6-8,10H2,1-2H3,(H,19,25)/t13-/m1/s1. The highest BCUT2D eigenvalue weighted by molar-refractivity contribution is 6.00. The lowest BCUT2D eigenvalue weighted by Gasteiger charge is -2.11. The predicted molar refractivity (Wildman–Crippen MR) is 95.1 cm³/mol. The molecule has 0 aliphatic carbocycles. The van der Waals surface area contributed by atoms with E-state index in [0.29, 0.717) is 17.3 Å². The number of aliphatic hydroxyl groups is 1. The number of aliphatic hydroxyl groups excluding tert-OH is 1. The molecule has 25 heavy (non-hydrogen) atoms. The lowest BCUT2D eigenvalue weighted by atomic mass is 10.2. The molecule has 2 aromatic heterocycles. The molecule has 134 valence electrons. The van der Waals surface area contributed by atoms with Crippen molar-refractivity contribution in [1.82, 2.24) is 25.0 Å². The molecule has 0 bridgehead atoms. The number of carbonyl (C=O) groups excluding carboxylic acids is 1. The Morgan fingerprint density at radius 3 is 3.00 bits per heavy atom. The van der Waals surface area contributed by atoms with Gasteiger partial charge in [-0.1, -0.05) is 0 Å². The third-order valence-electron chi connectivity index (χ3n) is 4.39. The fourth-order valence-electron chi connectivity index (χ4n) is 3.02. The predicted octanol–water partition coefficient (Wildman–Crippen LogP) is 0.929. The van der Waals surface area contributed by atoms with Gasteiger partial charge in [-0.25, -0.2) is 0 Å². The van der Waals surface area contributed by atoms with Gasteiger partial charge >= 0.3 is 0 Å². The van der Waals surface area contributed by atoms with Crippen LogP contribution in [0.25, 0.3) is 0 Å². The molecule has 8 nitrogen and oxygen atoms in total. The number of nitrogens with zero attached hydrogens (tertiary/aromatic N) is 4. The van der Waals surface area contributed by atoms with Gasteiger partial charge in [-0.3, -0.25) is 14.5 Å². The average Bonchev–Trinajstić information content (AvgIpc) is 3.19. The first-order valence-corrected chi connectivity index (χ1v) is 8.43. The smallest absolute Gasteiger partial charge is 0.253 e. The molecule has 0 radical (unpaired) electrons. The van der Waals surface area contributed by atoms with Gasteiger partial charge in [0.05, 0.1) is 41.5 Å². The summed E-state index contributed by atoms with van der Waals surface area (Å²) in [4.78, 5) is 18.6. The normalized spacial score (nSPS) is 17.6. The molecule has 0 unspecified atom stereocenters. The number of pyridine rings is 1. The number of nitrogens with one attached hydrogen (secondary N) is 2. The number of hydrogen-bond acceptors (Lipinski definition) is 6.